The number of amides is 2. The van der Waals surface area contributed by atoms with Crippen LogP contribution in [0.25, 0.3) is 0 Å². The second-order valence-electron chi connectivity index (χ2n) is 8.59. The first kappa shape index (κ1) is 21.1. The van der Waals surface area contributed by atoms with E-state index < -0.39 is 0 Å². The molecule has 0 aliphatic heterocycles. The van der Waals surface area contributed by atoms with Gasteiger partial charge in [-0.05, 0) is 66.7 Å². The molecule has 0 heterocycles. The highest BCUT2D eigenvalue weighted by Gasteiger charge is 2.68. The number of ether oxygens (including phenoxy) is 1. The van der Waals surface area contributed by atoms with Crippen LogP contribution in [0, 0.1) is 29.1 Å². The summed E-state index contributed by atoms with van der Waals surface area (Å²) in [5.74, 6) is 0.205. The summed E-state index contributed by atoms with van der Waals surface area (Å²) in [7, 11) is 1.35. The summed E-state index contributed by atoms with van der Waals surface area (Å²) < 4.78 is 5.57. The summed E-state index contributed by atoms with van der Waals surface area (Å²) >= 11 is 3.41. The van der Waals surface area contributed by atoms with Gasteiger partial charge in [-0.2, -0.15) is 0 Å². The van der Waals surface area contributed by atoms with Gasteiger partial charge in [-0.15, -0.1) is 0 Å². The van der Waals surface area contributed by atoms with E-state index in [1.54, 1.807) is 0 Å². The molecular weight excluding hydrogens is 448 g/mol. The van der Waals surface area contributed by atoms with Crippen molar-refractivity contribution in [2.45, 2.75) is 32.1 Å². The Morgan fingerprint density at radius 2 is 1.80 bits per heavy atom. The second-order valence-corrected chi connectivity index (χ2v) is 9.50. The van der Waals surface area contributed by atoms with Crippen LogP contribution in [-0.4, -0.2) is 31.4 Å². The quantitative estimate of drug-likeness (QED) is 0.444. The van der Waals surface area contributed by atoms with Crippen LogP contribution < -0.4 is 10.6 Å². The van der Waals surface area contributed by atoms with Crippen molar-refractivity contribution in [2.24, 2.45) is 29.1 Å². The van der Waals surface area contributed by atoms with E-state index in [1.165, 1.54) is 7.11 Å². The standard InChI is InChI=1S/C23H27BrN2O4/c1-30-20(28)4-2-3-19(27)25-13-16-17-9-10-18(23(17)11-12-23)21(16)22(29)26-15-7-5-14(24)6-8-15/h5-10,16-18,21H,2-4,11-13H2,1H3,(H,25,27)(H,26,29)/t16-,17-,18+,21+/m1/s1. The van der Waals surface area contributed by atoms with E-state index in [0.29, 0.717) is 18.9 Å². The Balaban J connectivity index is 1.38. The Morgan fingerprint density at radius 3 is 2.47 bits per heavy atom. The van der Waals surface area contributed by atoms with Gasteiger partial charge < -0.3 is 15.4 Å². The first-order valence-corrected chi connectivity index (χ1v) is 11.3. The van der Waals surface area contributed by atoms with Crippen molar-refractivity contribution in [3.8, 4) is 0 Å². The molecule has 30 heavy (non-hydrogen) atoms. The molecule has 0 aromatic heterocycles. The lowest BCUT2D eigenvalue weighted by Gasteiger charge is -2.27. The summed E-state index contributed by atoms with van der Waals surface area (Å²) in [6, 6.07) is 7.58. The Morgan fingerprint density at radius 1 is 1.10 bits per heavy atom. The molecule has 3 aliphatic rings. The van der Waals surface area contributed by atoms with E-state index in [9.17, 15) is 14.4 Å². The van der Waals surface area contributed by atoms with Crippen LogP contribution in [-0.2, 0) is 19.1 Å². The van der Waals surface area contributed by atoms with Crippen LogP contribution >= 0.6 is 15.9 Å². The van der Waals surface area contributed by atoms with E-state index in [1.807, 2.05) is 24.3 Å². The molecule has 160 valence electrons. The smallest absolute Gasteiger partial charge is 0.305 e. The molecule has 4 atom stereocenters. The zero-order valence-electron chi connectivity index (χ0n) is 17.0. The minimum Gasteiger partial charge on any atom is -0.469 e. The largest absolute Gasteiger partial charge is 0.469 e. The molecule has 3 aliphatic carbocycles. The van der Waals surface area contributed by atoms with Crippen molar-refractivity contribution in [1.82, 2.24) is 5.32 Å². The van der Waals surface area contributed by atoms with Gasteiger partial charge in [0.2, 0.25) is 11.8 Å². The van der Waals surface area contributed by atoms with Crippen molar-refractivity contribution >= 4 is 39.4 Å². The van der Waals surface area contributed by atoms with E-state index in [0.717, 1.165) is 23.0 Å². The van der Waals surface area contributed by atoms with Crippen molar-refractivity contribution in [3.05, 3.63) is 40.9 Å². The molecule has 1 aromatic rings. The van der Waals surface area contributed by atoms with E-state index in [4.69, 9.17) is 0 Å². The molecular formula is C23H27BrN2O4. The number of methoxy groups -OCH3 is 1. The lowest BCUT2D eigenvalue weighted by molar-refractivity contribution is -0.140. The van der Waals surface area contributed by atoms with E-state index >= 15 is 0 Å². The Labute approximate surface area is 184 Å². The van der Waals surface area contributed by atoms with Gasteiger partial charge in [-0.3, -0.25) is 14.4 Å². The summed E-state index contributed by atoms with van der Waals surface area (Å²) in [6.07, 6.45) is 7.77. The van der Waals surface area contributed by atoms with Crippen LogP contribution in [0.5, 0.6) is 0 Å². The van der Waals surface area contributed by atoms with E-state index in [2.05, 4.69) is 43.5 Å². The molecule has 2 fully saturated rings. The normalized spacial score (nSPS) is 27.1. The third-order valence-corrected chi connectivity index (χ3v) is 7.48. The molecule has 1 spiro atoms. The molecule has 2 amide bonds. The number of halogens is 1. The van der Waals surface area contributed by atoms with Crippen LogP contribution in [0.3, 0.4) is 0 Å². The molecule has 0 unspecified atom stereocenters. The van der Waals surface area contributed by atoms with Gasteiger partial charge in [-0.25, -0.2) is 0 Å². The number of carbonyl (C=O) groups is 3. The first-order valence-electron chi connectivity index (χ1n) is 10.5. The SMILES string of the molecule is COC(=O)CCCC(=O)NC[C@H]1[C@H](C(=O)Nc2ccc(Br)cc2)[C@@H]2C=C[C@H]1C21CC1. The number of rotatable bonds is 8. The molecule has 0 saturated heterocycles. The van der Waals surface area contributed by atoms with Gasteiger partial charge in [0.05, 0.1) is 13.0 Å². The third kappa shape index (κ3) is 4.04. The number of benzene rings is 1. The Hall–Kier alpha value is -2.15. The van der Waals surface area contributed by atoms with E-state index in [-0.39, 0.29) is 53.8 Å². The minimum absolute atomic E-state index is 0.0328. The fourth-order valence-electron chi connectivity index (χ4n) is 5.38. The number of hydrogen-bond donors (Lipinski definition) is 2. The van der Waals surface area contributed by atoms with Gasteiger partial charge in [0.1, 0.15) is 0 Å². The molecule has 2 saturated carbocycles. The predicted molar refractivity (Wildman–Crippen MR) is 116 cm³/mol. The van der Waals surface area contributed by atoms with Crippen LogP contribution in [0.1, 0.15) is 32.1 Å². The van der Waals surface area contributed by atoms with Gasteiger partial charge in [0.15, 0.2) is 0 Å². The zero-order valence-corrected chi connectivity index (χ0v) is 18.6. The fourth-order valence-corrected chi connectivity index (χ4v) is 5.64. The van der Waals surface area contributed by atoms with Gasteiger partial charge >= 0.3 is 5.97 Å². The first-order chi connectivity index (χ1) is 14.4. The predicted octanol–water partition coefficient (Wildman–Crippen LogP) is 3.68. The molecule has 2 N–H and O–H groups in total. The average molecular weight is 475 g/mol. The fraction of sp³-hybridized carbons (Fsp3) is 0.522. The van der Waals surface area contributed by atoms with Gasteiger partial charge in [0.25, 0.3) is 0 Å². The Bertz CT molecular complexity index is 862. The maximum atomic E-state index is 13.2. The summed E-state index contributed by atoms with van der Waals surface area (Å²) in [4.78, 5) is 36.7. The number of hydrogen-bond acceptors (Lipinski definition) is 4. The number of nitrogens with one attached hydrogen (secondary N) is 2. The Kier molecular flexibility index (Phi) is 6.00. The monoisotopic (exact) mass is 474 g/mol. The maximum Gasteiger partial charge on any atom is 0.305 e. The number of anilines is 1. The number of esters is 1. The van der Waals surface area contributed by atoms with Crippen LogP contribution in [0.4, 0.5) is 5.69 Å². The second kappa shape index (κ2) is 8.53. The molecule has 6 nitrogen and oxygen atoms in total. The lowest BCUT2D eigenvalue weighted by Crippen LogP contribution is -2.39. The van der Waals surface area contributed by atoms with Gasteiger partial charge in [-0.1, -0.05) is 28.1 Å². The van der Waals surface area contributed by atoms with Crippen molar-refractivity contribution < 1.29 is 19.1 Å². The topological polar surface area (TPSA) is 84.5 Å². The summed E-state index contributed by atoms with van der Waals surface area (Å²) in [5.41, 5.74) is 1.01. The third-order valence-electron chi connectivity index (χ3n) is 6.95. The molecule has 7 heteroatoms. The van der Waals surface area contributed by atoms with Crippen molar-refractivity contribution in [1.29, 1.82) is 0 Å². The summed E-state index contributed by atoms with van der Waals surface area (Å²) in [6.45, 7) is 0.489. The maximum absolute atomic E-state index is 13.2. The highest BCUT2D eigenvalue weighted by atomic mass is 79.9. The van der Waals surface area contributed by atoms with Gasteiger partial charge in [0, 0.05) is 29.5 Å². The molecule has 2 bridgehead atoms. The number of carbonyl (C=O) groups excluding carboxylic acids is 3. The zero-order chi connectivity index (χ0) is 21.3. The van der Waals surface area contributed by atoms with Crippen LogP contribution in [0.15, 0.2) is 40.9 Å². The highest BCUT2D eigenvalue weighted by molar-refractivity contribution is 9.10. The van der Waals surface area contributed by atoms with Crippen LogP contribution in [0.2, 0.25) is 0 Å². The highest BCUT2D eigenvalue weighted by Crippen LogP contribution is 2.71. The number of allylic oxidation sites excluding steroid dienone is 2. The average Bonchev–Trinajstić information content (AvgIpc) is 3.40. The molecule has 0 radical (unpaired) electrons. The van der Waals surface area contributed by atoms with Crippen molar-refractivity contribution in [3.63, 3.8) is 0 Å². The lowest BCUT2D eigenvalue weighted by atomic mass is 9.82. The van der Waals surface area contributed by atoms with Crippen molar-refractivity contribution in [2.75, 3.05) is 19.0 Å². The minimum atomic E-state index is -0.304. The molecule has 4 rings (SSSR count). The summed E-state index contributed by atoms with van der Waals surface area (Å²) in [5, 5.41) is 6.09. The molecule has 1 aromatic carbocycles.